The van der Waals surface area contributed by atoms with E-state index in [2.05, 4.69) is 26.6 Å². The molecule has 1 aliphatic carbocycles. The van der Waals surface area contributed by atoms with Gasteiger partial charge in [0.15, 0.2) is 5.75 Å². The lowest BCUT2D eigenvalue weighted by Crippen LogP contribution is -2.46. The molecule has 0 aliphatic heterocycles. The van der Waals surface area contributed by atoms with Gasteiger partial charge in [0.05, 0.1) is 28.9 Å². The topological polar surface area (TPSA) is 70.6 Å². The van der Waals surface area contributed by atoms with Gasteiger partial charge in [-0.05, 0) is 47.8 Å². The van der Waals surface area contributed by atoms with Crippen molar-refractivity contribution in [3.63, 3.8) is 0 Å². The van der Waals surface area contributed by atoms with Crippen LogP contribution in [0.15, 0.2) is 16.6 Å². The predicted molar refractivity (Wildman–Crippen MR) is 90.7 cm³/mol. The highest BCUT2D eigenvalue weighted by Gasteiger charge is 2.25. The summed E-state index contributed by atoms with van der Waals surface area (Å²) in [7, 11) is 0. The second-order valence-corrected chi connectivity index (χ2v) is 6.54. The van der Waals surface area contributed by atoms with E-state index in [1.54, 1.807) is 12.1 Å². The second-order valence-electron chi connectivity index (χ2n) is 5.25. The quantitative estimate of drug-likeness (QED) is 0.728. The maximum Gasteiger partial charge on any atom is 0.319 e. The summed E-state index contributed by atoms with van der Waals surface area (Å²) in [6.45, 7) is 2.33. The van der Waals surface area contributed by atoms with Crippen LogP contribution in [0.3, 0.4) is 0 Å². The van der Waals surface area contributed by atoms with Crippen molar-refractivity contribution in [2.45, 2.75) is 44.8 Å². The van der Waals surface area contributed by atoms with E-state index in [1.165, 1.54) is 0 Å². The van der Waals surface area contributed by atoms with Gasteiger partial charge in [-0.25, -0.2) is 4.79 Å². The number of carbonyl (C=O) groups excluding carboxylic acids is 1. The van der Waals surface area contributed by atoms with Crippen molar-refractivity contribution >= 4 is 39.2 Å². The minimum atomic E-state index is -0.489. The number of hydrogen-bond acceptors (Lipinski definition) is 3. The van der Waals surface area contributed by atoms with Crippen LogP contribution in [0, 0.1) is 0 Å². The molecule has 1 aliphatic rings. The van der Waals surface area contributed by atoms with Crippen molar-refractivity contribution in [1.29, 1.82) is 0 Å². The molecule has 1 saturated carbocycles. The second kappa shape index (κ2) is 8.04. The van der Waals surface area contributed by atoms with E-state index < -0.39 is 6.10 Å². The molecule has 1 aromatic carbocycles. The molecule has 2 unspecified atom stereocenters. The van der Waals surface area contributed by atoms with Crippen molar-refractivity contribution in [1.82, 2.24) is 5.32 Å². The van der Waals surface area contributed by atoms with E-state index in [0.717, 1.165) is 25.7 Å². The Balaban J connectivity index is 2.07. The van der Waals surface area contributed by atoms with Gasteiger partial charge in [0.1, 0.15) is 0 Å². The lowest BCUT2D eigenvalue weighted by molar-refractivity contribution is 0.0955. The molecular formula is C15H20BrClN2O3. The van der Waals surface area contributed by atoms with Crippen molar-refractivity contribution in [3.05, 3.63) is 21.6 Å². The number of aliphatic hydroxyl groups is 1. The molecule has 2 atom stereocenters. The van der Waals surface area contributed by atoms with Gasteiger partial charge < -0.3 is 20.5 Å². The van der Waals surface area contributed by atoms with Crippen molar-refractivity contribution < 1.29 is 14.6 Å². The van der Waals surface area contributed by atoms with Crippen LogP contribution in [0.4, 0.5) is 10.5 Å². The number of nitrogens with one attached hydrogen (secondary N) is 2. The van der Waals surface area contributed by atoms with Crippen LogP contribution in [0.25, 0.3) is 0 Å². The molecule has 5 nitrogen and oxygen atoms in total. The number of aliphatic hydroxyl groups excluding tert-OH is 1. The Morgan fingerprint density at radius 1 is 1.45 bits per heavy atom. The first-order valence-corrected chi connectivity index (χ1v) is 8.55. The third-order valence-corrected chi connectivity index (χ3v) is 4.40. The number of urea groups is 1. The molecular weight excluding hydrogens is 372 g/mol. The van der Waals surface area contributed by atoms with Crippen LogP contribution in [0.2, 0.25) is 5.02 Å². The molecule has 7 heteroatoms. The number of rotatable bonds is 4. The molecule has 2 rings (SSSR count). The summed E-state index contributed by atoms with van der Waals surface area (Å²) in [6, 6.07) is 2.75. The zero-order valence-corrected chi connectivity index (χ0v) is 14.7. The predicted octanol–water partition coefficient (Wildman–Crippen LogP) is 3.93. The van der Waals surface area contributed by atoms with Gasteiger partial charge in [-0.1, -0.05) is 24.4 Å². The number of hydrogen-bond donors (Lipinski definition) is 3. The number of anilines is 1. The summed E-state index contributed by atoms with van der Waals surface area (Å²) >= 11 is 9.40. The standard InChI is InChI=1S/C15H20BrClN2O3/c1-2-22-14-10(16)7-9(17)8-12(14)19-15(21)18-11-5-3-4-6-13(11)20/h7-8,11,13,20H,2-6H2,1H3,(H2,18,19,21). The molecule has 0 radical (unpaired) electrons. The van der Waals surface area contributed by atoms with E-state index in [1.807, 2.05) is 6.92 Å². The van der Waals surface area contributed by atoms with Gasteiger partial charge >= 0.3 is 6.03 Å². The number of carbonyl (C=O) groups is 1. The van der Waals surface area contributed by atoms with E-state index in [-0.39, 0.29) is 12.1 Å². The third kappa shape index (κ3) is 4.51. The maximum atomic E-state index is 12.2. The summed E-state index contributed by atoms with van der Waals surface area (Å²) in [5, 5.41) is 16.0. The fourth-order valence-electron chi connectivity index (χ4n) is 2.55. The first-order chi connectivity index (χ1) is 10.5. The van der Waals surface area contributed by atoms with Crippen molar-refractivity contribution in [2.75, 3.05) is 11.9 Å². The number of amides is 2. The van der Waals surface area contributed by atoms with Gasteiger partial charge in [0.25, 0.3) is 0 Å². The number of benzene rings is 1. The Morgan fingerprint density at radius 2 is 2.18 bits per heavy atom. The molecule has 0 bridgehead atoms. The molecule has 0 saturated heterocycles. The van der Waals surface area contributed by atoms with Gasteiger partial charge in [-0.3, -0.25) is 0 Å². The van der Waals surface area contributed by atoms with Gasteiger partial charge in [0, 0.05) is 5.02 Å². The lowest BCUT2D eigenvalue weighted by atomic mass is 9.93. The Kier molecular flexibility index (Phi) is 6.35. The van der Waals surface area contributed by atoms with Crippen LogP contribution < -0.4 is 15.4 Å². The maximum absolute atomic E-state index is 12.2. The number of ether oxygens (including phenoxy) is 1. The molecule has 1 aromatic rings. The summed E-state index contributed by atoms with van der Waals surface area (Å²) in [5.74, 6) is 0.534. The molecule has 122 valence electrons. The highest BCUT2D eigenvalue weighted by Crippen LogP contribution is 2.36. The summed E-state index contributed by atoms with van der Waals surface area (Å²) in [5.41, 5.74) is 0.490. The normalized spacial score (nSPS) is 21.3. The Bertz CT molecular complexity index is 542. The van der Waals surface area contributed by atoms with Crippen LogP contribution in [-0.4, -0.2) is 29.9 Å². The monoisotopic (exact) mass is 390 g/mol. The highest BCUT2D eigenvalue weighted by atomic mass is 79.9. The van der Waals surface area contributed by atoms with Crippen LogP contribution in [0.5, 0.6) is 5.75 Å². The molecule has 0 aromatic heterocycles. The molecule has 2 amide bonds. The van der Waals surface area contributed by atoms with E-state index in [0.29, 0.717) is 27.5 Å². The lowest BCUT2D eigenvalue weighted by Gasteiger charge is -2.28. The number of halogens is 2. The molecule has 22 heavy (non-hydrogen) atoms. The third-order valence-electron chi connectivity index (χ3n) is 3.59. The van der Waals surface area contributed by atoms with Crippen LogP contribution in [-0.2, 0) is 0 Å². The zero-order valence-electron chi connectivity index (χ0n) is 12.4. The van der Waals surface area contributed by atoms with Gasteiger partial charge in [-0.2, -0.15) is 0 Å². The fourth-order valence-corrected chi connectivity index (χ4v) is 3.48. The van der Waals surface area contributed by atoms with Crippen LogP contribution in [0.1, 0.15) is 32.6 Å². The Hall–Kier alpha value is -0.980. The van der Waals surface area contributed by atoms with E-state index in [4.69, 9.17) is 16.3 Å². The summed E-state index contributed by atoms with van der Waals surface area (Å²) in [4.78, 5) is 12.2. The SMILES string of the molecule is CCOc1c(Br)cc(Cl)cc1NC(=O)NC1CCCCC1O. The average Bonchev–Trinajstić information content (AvgIpc) is 2.45. The first kappa shape index (κ1) is 17.4. The minimum Gasteiger partial charge on any atom is -0.491 e. The Labute approximate surface area is 143 Å². The minimum absolute atomic E-state index is 0.216. The smallest absolute Gasteiger partial charge is 0.319 e. The van der Waals surface area contributed by atoms with E-state index >= 15 is 0 Å². The van der Waals surface area contributed by atoms with Gasteiger partial charge in [0.2, 0.25) is 0 Å². The Morgan fingerprint density at radius 3 is 2.86 bits per heavy atom. The largest absolute Gasteiger partial charge is 0.491 e. The summed E-state index contributed by atoms with van der Waals surface area (Å²) < 4.78 is 6.21. The summed E-state index contributed by atoms with van der Waals surface area (Å²) in [6.07, 6.45) is 3.02. The average molecular weight is 392 g/mol. The van der Waals surface area contributed by atoms with Crippen molar-refractivity contribution in [2.24, 2.45) is 0 Å². The van der Waals surface area contributed by atoms with E-state index in [9.17, 15) is 9.90 Å². The molecule has 0 heterocycles. The van der Waals surface area contributed by atoms with Gasteiger partial charge in [-0.15, -0.1) is 0 Å². The fraction of sp³-hybridized carbons (Fsp3) is 0.533. The van der Waals surface area contributed by atoms with Crippen LogP contribution >= 0.6 is 27.5 Å². The zero-order chi connectivity index (χ0) is 16.1. The highest BCUT2D eigenvalue weighted by molar-refractivity contribution is 9.10. The first-order valence-electron chi connectivity index (χ1n) is 7.38. The van der Waals surface area contributed by atoms with Crippen molar-refractivity contribution in [3.8, 4) is 5.75 Å². The molecule has 3 N–H and O–H groups in total. The molecule has 1 fully saturated rings. The molecule has 0 spiro atoms.